The normalized spacial score (nSPS) is 33.4. The highest BCUT2D eigenvalue weighted by Crippen LogP contribution is 2.47. The Kier molecular flexibility index (Phi) is 6.53. The van der Waals surface area contributed by atoms with E-state index in [0.29, 0.717) is 31.6 Å². The van der Waals surface area contributed by atoms with E-state index in [2.05, 4.69) is 22.9 Å². The summed E-state index contributed by atoms with van der Waals surface area (Å²) >= 11 is 0. The molecule has 3 atom stereocenters. The molecule has 0 spiro atoms. The highest BCUT2D eigenvalue weighted by atomic mass is 19.1. The maximum Gasteiger partial charge on any atom is 0.270 e. The number of likely N-dealkylation sites (tertiary alicyclic amines) is 1. The van der Waals surface area contributed by atoms with Gasteiger partial charge in [-0.15, -0.1) is 0 Å². The number of carbonyl (C=O) groups is 2. The Bertz CT molecular complexity index is 1210. The van der Waals surface area contributed by atoms with E-state index in [-0.39, 0.29) is 17.6 Å². The molecule has 1 saturated carbocycles. The molecule has 0 radical (unpaired) electrons. The van der Waals surface area contributed by atoms with E-state index in [4.69, 9.17) is 0 Å². The summed E-state index contributed by atoms with van der Waals surface area (Å²) in [5.41, 5.74) is 1.48. The fourth-order valence-electron chi connectivity index (χ4n) is 5.95. The summed E-state index contributed by atoms with van der Waals surface area (Å²) < 4.78 is 16.1. The number of para-hydroxylation sites is 1. The third kappa shape index (κ3) is 4.16. The van der Waals surface area contributed by atoms with Crippen LogP contribution in [0.3, 0.4) is 0 Å². The number of amides is 2. The van der Waals surface area contributed by atoms with Crippen LogP contribution in [-0.4, -0.2) is 60.1 Å². The van der Waals surface area contributed by atoms with Gasteiger partial charge in [0.2, 0.25) is 11.6 Å². The van der Waals surface area contributed by atoms with Crippen molar-refractivity contribution in [2.75, 3.05) is 25.0 Å². The van der Waals surface area contributed by atoms with Crippen molar-refractivity contribution < 1.29 is 19.1 Å². The van der Waals surface area contributed by atoms with Crippen LogP contribution in [0.5, 0.6) is 0 Å². The molecule has 1 unspecified atom stereocenters. The average Bonchev–Trinajstić information content (AvgIpc) is 3.29. The maximum absolute atomic E-state index is 16.1. The van der Waals surface area contributed by atoms with Gasteiger partial charge in [-0.2, -0.15) is 0 Å². The number of aliphatic hydroxyl groups excluding tert-OH is 1. The van der Waals surface area contributed by atoms with Crippen molar-refractivity contribution in [1.82, 2.24) is 10.2 Å². The van der Waals surface area contributed by atoms with Crippen LogP contribution in [0.1, 0.15) is 31.2 Å². The number of alkyl halides is 1. The van der Waals surface area contributed by atoms with Gasteiger partial charge in [0.1, 0.15) is 0 Å². The number of carbonyl (C=O) groups excluding carboxylic acids is 2. The van der Waals surface area contributed by atoms with Crippen molar-refractivity contribution in [3.63, 3.8) is 0 Å². The lowest BCUT2D eigenvalue weighted by atomic mass is 9.93. The minimum absolute atomic E-state index is 0.128. The Morgan fingerprint density at radius 1 is 1.17 bits per heavy atom. The molecule has 1 aromatic rings. The van der Waals surface area contributed by atoms with Gasteiger partial charge in [0, 0.05) is 31.7 Å². The fourth-order valence-corrected chi connectivity index (χ4v) is 5.95. The highest BCUT2D eigenvalue weighted by molar-refractivity contribution is 6.09. The number of nitrogens with zero attached hydrogens (tertiary/aromatic N) is 2. The molecular formula is C29H32FN3O3. The van der Waals surface area contributed by atoms with Gasteiger partial charge in [0.25, 0.3) is 5.91 Å². The predicted octanol–water partition coefficient (Wildman–Crippen LogP) is 3.47. The molecule has 6 nitrogen and oxygen atoms in total. The second-order valence-electron chi connectivity index (χ2n) is 9.95. The van der Waals surface area contributed by atoms with Crippen LogP contribution in [-0.2, 0) is 15.3 Å². The summed E-state index contributed by atoms with van der Waals surface area (Å²) in [4.78, 5) is 29.3. The number of hydrogen-bond donors (Lipinski definition) is 2. The molecule has 188 valence electrons. The van der Waals surface area contributed by atoms with Gasteiger partial charge in [0.05, 0.1) is 24.3 Å². The van der Waals surface area contributed by atoms with Crippen molar-refractivity contribution in [2.45, 2.75) is 49.5 Å². The standard InChI is InChI=1S/C29H32FN3O3/c1-19-7-5-9-20-17-21(10-6-8-19)27(35)26(20)32-15-13-22(14-16-32)33-24-12-4-3-11-23(24)29(30,28(33)36)18-25(34)31-2/h3-12,22,26-27,35H,1,13-18H2,2H3,(H,31,34)/b7-5-,8-6-,20-9+,21-10+/t26?,27-,29-/m1/s1. The molecule has 2 heterocycles. The van der Waals surface area contributed by atoms with E-state index in [1.54, 1.807) is 29.2 Å². The zero-order valence-electron chi connectivity index (χ0n) is 20.5. The maximum atomic E-state index is 16.1. The average molecular weight is 490 g/mol. The molecule has 2 aliphatic carbocycles. The third-order valence-corrected chi connectivity index (χ3v) is 7.80. The summed E-state index contributed by atoms with van der Waals surface area (Å²) in [6.45, 7) is 5.34. The molecule has 0 aromatic heterocycles. The molecule has 2 amide bonds. The Morgan fingerprint density at radius 2 is 1.83 bits per heavy atom. The molecular weight excluding hydrogens is 457 g/mol. The minimum Gasteiger partial charge on any atom is -0.387 e. The summed E-state index contributed by atoms with van der Waals surface area (Å²) in [5, 5.41) is 13.6. The van der Waals surface area contributed by atoms with Gasteiger partial charge in [-0.3, -0.25) is 14.5 Å². The number of halogens is 1. The Morgan fingerprint density at radius 3 is 2.53 bits per heavy atom. The molecule has 2 N–H and O–H groups in total. The second kappa shape index (κ2) is 9.64. The van der Waals surface area contributed by atoms with Gasteiger partial charge in [-0.05, 0) is 42.0 Å². The van der Waals surface area contributed by atoms with Gasteiger partial charge in [-0.25, -0.2) is 4.39 Å². The Labute approximate surface area is 211 Å². The van der Waals surface area contributed by atoms with Crippen molar-refractivity contribution >= 4 is 17.5 Å². The summed E-state index contributed by atoms with van der Waals surface area (Å²) in [7, 11) is 1.44. The third-order valence-electron chi connectivity index (χ3n) is 7.80. The van der Waals surface area contributed by atoms with Crippen LogP contribution >= 0.6 is 0 Å². The number of hydrogen-bond acceptors (Lipinski definition) is 4. The van der Waals surface area contributed by atoms with Crippen molar-refractivity contribution in [3.05, 3.63) is 89.6 Å². The molecule has 2 fully saturated rings. The second-order valence-corrected chi connectivity index (χ2v) is 9.95. The summed E-state index contributed by atoms with van der Waals surface area (Å²) in [6, 6.07) is 6.56. The van der Waals surface area contributed by atoms with Crippen LogP contribution < -0.4 is 10.2 Å². The van der Waals surface area contributed by atoms with Crippen LogP contribution in [0.4, 0.5) is 10.1 Å². The molecule has 4 aliphatic rings. The van der Waals surface area contributed by atoms with Gasteiger partial charge in [-0.1, -0.05) is 61.2 Å². The van der Waals surface area contributed by atoms with Crippen LogP contribution in [0.15, 0.2) is 84.0 Å². The zero-order chi connectivity index (χ0) is 25.4. The zero-order valence-corrected chi connectivity index (χ0v) is 20.5. The van der Waals surface area contributed by atoms with Gasteiger partial charge in [0.15, 0.2) is 0 Å². The molecule has 36 heavy (non-hydrogen) atoms. The predicted molar refractivity (Wildman–Crippen MR) is 138 cm³/mol. The fraction of sp³-hybridized carbons (Fsp3) is 0.379. The number of piperidine rings is 1. The Balaban J connectivity index is 1.36. The number of benzene rings is 1. The molecule has 5 rings (SSSR count). The number of allylic oxidation sites excluding steroid dienone is 7. The first kappa shape index (κ1) is 24.4. The summed E-state index contributed by atoms with van der Waals surface area (Å²) in [6.07, 6.45) is 12.7. The number of rotatable bonds is 4. The van der Waals surface area contributed by atoms with E-state index in [0.717, 1.165) is 23.1 Å². The van der Waals surface area contributed by atoms with Crippen LogP contribution in [0.25, 0.3) is 0 Å². The largest absolute Gasteiger partial charge is 0.387 e. The summed E-state index contributed by atoms with van der Waals surface area (Å²) in [5.74, 6) is -1.17. The van der Waals surface area contributed by atoms with Crippen LogP contribution in [0.2, 0.25) is 0 Å². The molecule has 1 saturated heterocycles. The van der Waals surface area contributed by atoms with E-state index < -0.39 is 30.0 Å². The highest BCUT2D eigenvalue weighted by Gasteiger charge is 2.55. The number of fused-ring (bicyclic) bond motifs is 3. The lowest BCUT2D eigenvalue weighted by molar-refractivity contribution is -0.136. The topological polar surface area (TPSA) is 72.9 Å². The minimum atomic E-state index is -2.36. The first-order chi connectivity index (χ1) is 17.3. The van der Waals surface area contributed by atoms with Crippen molar-refractivity contribution in [2.24, 2.45) is 0 Å². The van der Waals surface area contributed by atoms with Crippen molar-refractivity contribution in [1.29, 1.82) is 0 Å². The van der Waals surface area contributed by atoms with Gasteiger partial charge < -0.3 is 15.3 Å². The Hall–Kier alpha value is -3.29. The first-order valence-corrected chi connectivity index (χ1v) is 12.5. The van der Waals surface area contributed by atoms with E-state index in [1.807, 2.05) is 30.4 Å². The number of nitrogens with one attached hydrogen (secondary N) is 1. The molecule has 7 heteroatoms. The molecule has 2 aliphatic heterocycles. The van der Waals surface area contributed by atoms with E-state index >= 15 is 4.39 Å². The molecule has 1 aromatic carbocycles. The monoisotopic (exact) mass is 489 g/mol. The van der Waals surface area contributed by atoms with Crippen molar-refractivity contribution in [3.8, 4) is 0 Å². The smallest absolute Gasteiger partial charge is 0.270 e. The SMILES string of the molecule is C=C1/C=C\C=C2/C/C(=C\C=C/1)[C@@H](O)C2N1CCC(N2C(=O)[C@@](F)(CC(=O)NC)c3ccccc32)CC1. The first-order valence-electron chi connectivity index (χ1n) is 12.5. The van der Waals surface area contributed by atoms with E-state index in [9.17, 15) is 14.7 Å². The lowest BCUT2D eigenvalue weighted by Crippen LogP contribution is -2.52. The number of aliphatic hydroxyl groups is 1. The van der Waals surface area contributed by atoms with Crippen LogP contribution in [0, 0.1) is 0 Å². The number of anilines is 1. The molecule has 2 bridgehead atoms. The quantitative estimate of drug-likeness (QED) is 0.680. The van der Waals surface area contributed by atoms with Gasteiger partial charge >= 0.3 is 0 Å². The van der Waals surface area contributed by atoms with E-state index in [1.165, 1.54) is 7.05 Å². The lowest BCUT2D eigenvalue weighted by Gasteiger charge is -2.41.